The van der Waals surface area contributed by atoms with Gasteiger partial charge in [0.05, 0.1) is 4.88 Å². The molecule has 2 aromatic carbocycles. The number of nitrogens with one attached hydrogen (secondary N) is 2. The first-order chi connectivity index (χ1) is 20.3. The maximum atomic E-state index is 14.3. The van der Waals surface area contributed by atoms with Crippen LogP contribution in [0.15, 0.2) is 54.6 Å². The summed E-state index contributed by atoms with van der Waals surface area (Å²) in [4.78, 5) is 74.1. The van der Waals surface area contributed by atoms with Gasteiger partial charge in [-0.05, 0) is 55.0 Å². The van der Waals surface area contributed by atoms with Gasteiger partial charge in [-0.3, -0.25) is 23.7 Å². The molecule has 3 atom stereocenters. The summed E-state index contributed by atoms with van der Waals surface area (Å²) in [6, 6.07) is 10.8. The number of benzene rings is 2. The fourth-order valence-electron chi connectivity index (χ4n) is 5.51. The van der Waals surface area contributed by atoms with Gasteiger partial charge < -0.3 is 30.2 Å². The fourth-order valence-corrected chi connectivity index (χ4v) is 6.93. The summed E-state index contributed by atoms with van der Waals surface area (Å²) in [5.41, 5.74) is -4.73. The predicted octanol–water partition coefficient (Wildman–Crippen LogP) is 3.48. The molecule has 3 heterocycles. The Kier molecular flexibility index (Phi) is 8.41. The molecule has 0 unspecified atom stereocenters. The smallest absolute Gasteiger partial charge is 0.340 e. The number of para-hydroxylation sites is 1. The van der Waals surface area contributed by atoms with E-state index in [1.807, 2.05) is 6.07 Å². The van der Waals surface area contributed by atoms with Crippen molar-refractivity contribution in [3.05, 3.63) is 65.0 Å². The lowest BCUT2D eigenvalue weighted by molar-refractivity contribution is -0.143. The van der Waals surface area contributed by atoms with E-state index < -0.39 is 42.7 Å². The molecule has 0 saturated carbocycles. The van der Waals surface area contributed by atoms with Crippen LogP contribution in [0.4, 0.5) is 14.5 Å². The van der Waals surface area contributed by atoms with Crippen LogP contribution in [0.1, 0.15) is 41.4 Å². The first kappa shape index (κ1) is 30.7. The molecule has 5 rings (SSSR count). The van der Waals surface area contributed by atoms with Crippen LogP contribution >= 0.6 is 18.9 Å². The van der Waals surface area contributed by atoms with Gasteiger partial charge in [-0.1, -0.05) is 24.3 Å². The van der Waals surface area contributed by atoms with Crippen LogP contribution in [-0.2, 0) is 24.6 Å². The van der Waals surface area contributed by atoms with Gasteiger partial charge in [0.2, 0.25) is 17.7 Å². The highest BCUT2D eigenvalue weighted by Gasteiger charge is 2.50. The van der Waals surface area contributed by atoms with Gasteiger partial charge in [-0.2, -0.15) is 8.78 Å². The molecule has 1 aromatic heterocycles. The molecule has 3 aromatic rings. The summed E-state index contributed by atoms with van der Waals surface area (Å²) < 4.78 is 40.2. The van der Waals surface area contributed by atoms with Crippen molar-refractivity contribution in [1.29, 1.82) is 0 Å². The van der Waals surface area contributed by atoms with Crippen LogP contribution in [0.2, 0.25) is 0 Å². The van der Waals surface area contributed by atoms with Crippen LogP contribution in [0.3, 0.4) is 0 Å². The molecule has 2 aliphatic rings. The Labute approximate surface area is 249 Å². The SMILES string of the molecule is CC(=O)N1CC[C@H]2CC[C@@H](C(=O)Nc3ccccc3)N2C(=O)[C@@H](NC(=O)c2cc3cc(C(F)(F)P(=O)(O)O)ccc3s2)C1. The van der Waals surface area contributed by atoms with Crippen molar-refractivity contribution >= 4 is 58.3 Å². The molecule has 4 amide bonds. The van der Waals surface area contributed by atoms with Crippen LogP contribution in [0.5, 0.6) is 0 Å². The Hall–Kier alpha value is -3.71. The quantitative estimate of drug-likeness (QED) is 0.303. The lowest BCUT2D eigenvalue weighted by Gasteiger charge is -2.38. The Bertz CT molecular complexity index is 1630. The van der Waals surface area contributed by atoms with Crippen LogP contribution in [0, 0.1) is 0 Å². The van der Waals surface area contributed by atoms with Crippen molar-refractivity contribution in [2.24, 2.45) is 0 Å². The highest BCUT2D eigenvalue weighted by atomic mass is 32.1. The molecule has 2 saturated heterocycles. The van der Waals surface area contributed by atoms with Crippen molar-refractivity contribution in [2.45, 2.75) is 50.0 Å². The second kappa shape index (κ2) is 11.8. The number of carbonyl (C=O) groups is 4. The summed E-state index contributed by atoms with van der Waals surface area (Å²) in [7, 11) is -5.79. The molecular formula is C28H29F2N4O7PS. The van der Waals surface area contributed by atoms with Gasteiger partial charge >= 0.3 is 13.3 Å². The van der Waals surface area contributed by atoms with Gasteiger partial charge in [0.1, 0.15) is 12.1 Å². The number of halogens is 2. The minimum Gasteiger partial charge on any atom is -0.340 e. The van der Waals surface area contributed by atoms with Gasteiger partial charge in [0, 0.05) is 42.0 Å². The molecule has 0 radical (unpaired) electrons. The lowest BCUT2D eigenvalue weighted by atomic mass is 10.1. The van der Waals surface area contributed by atoms with E-state index in [9.17, 15) is 32.5 Å². The van der Waals surface area contributed by atoms with Crippen LogP contribution in [0.25, 0.3) is 10.1 Å². The minimum atomic E-state index is -5.79. The Morgan fingerprint density at radius 3 is 2.44 bits per heavy atom. The molecule has 0 bridgehead atoms. The average Bonchev–Trinajstić information content (AvgIpc) is 3.57. The number of hydrogen-bond acceptors (Lipinski definition) is 6. The molecule has 2 fully saturated rings. The number of fused-ring (bicyclic) bond motifs is 2. The monoisotopic (exact) mass is 634 g/mol. The summed E-state index contributed by atoms with van der Waals surface area (Å²) in [6.07, 6.45) is 1.43. The standard InChI is InChI=1S/C28H29F2N4O7PS/c1-16(35)33-12-11-20-8-9-22(25(36)31-19-5-3-2-4-6-19)34(20)27(38)21(15-33)32-26(37)24-14-17-13-18(7-10-23(17)43-24)28(29,30)42(39,40)41/h2-7,10,13-14,20-22H,8-9,11-12,15H2,1H3,(H,31,36)(H,32,37)(H2,39,40,41)/t20-,21+,22+/m1/s1. The summed E-state index contributed by atoms with van der Waals surface area (Å²) >= 11 is 0.944. The maximum Gasteiger partial charge on any atom is 0.399 e. The Morgan fingerprint density at radius 2 is 1.77 bits per heavy atom. The second-order valence-electron chi connectivity index (χ2n) is 10.6. The number of thiophene rings is 1. The molecule has 0 aliphatic carbocycles. The maximum absolute atomic E-state index is 14.3. The van der Waals surface area contributed by atoms with Gasteiger partial charge in [-0.25, -0.2) is 0 Å². The number of anilines is 1. The van der Waals surface area contributed by atoms with Crippen LogP contribution < -0.4 is 10.6 Å². The minimum absolute atomic E-state index is 0.0622. The zero-order chi connectivity index (χ0) is 31.1. The van der Waals surface area contributed by atoms with E-state index in [1.54, 1.807) is 24.3 Å². The fraction of sp³-hybridized carbons (Fsp3) is 0.357. The molecule has 0 spiro atoms. The van der Waals surface area contributed by atoms with Gasteiger partial charge in [0.25, 0.3) is 5.91 Å². The molecular weight excluding hydrogens is 605 g/mol. The third-order valence-corrected chi connectivity index (χ3v) is 9.84. The van der Waals surface area contributed by atoms with E-state index in [2.05, 4.69) is 10.6 Å². The average molecular weight is 635 g/mol. The second-order valence-corrected chi connectivity index (χ2v) is 13.3. The molecule has 4 N–H and O–H groups in total. The number of alkyl halides is 2. The summed E-state index contributed by atoms with van der Waals surface area (Å²) in [5.74, 6) is -1.85. The Balaban J connectivity index is 1.40. The zero-order valence-corrected chi connectivity index (χ0v) is 24.6. The van der Waals surface area contributed by atoms with E-state index in [0.717, 1.165) is 23.5 Å². The number of hydrogen-bond donors (Lipinski definition) is 4. The van der Waals surface area contributed by atoms with Crippen molar-refractivity contribution in [3.63, 3.8) is 0 Å². The van der Waals surface area contributed by atoms with E-state index >= 15 is 0 Å². The number of carbonyl (C=O) groups excluding carboxylic acids is 4. The summed E-state index contributed by atoms with van der Waals surface area (Å²) in [5, 5.41) is 5.67. The highest BCUT2D eigenvalue weighted by molar-refractivity contribution is 7.52. The molecule has 2 aliphatic heterocycles. The third kappa shape index (κ3) is 6.19. The topological polar surface area (TPSA) is 156 Å². The molecule has 43 heavy (non-hydrogen) atoms. The molecule has 11 nitrogen and oxygen atoms in total. The van der Waals surface area contributed by atoms with E-state index in [0.29, 0.717) is 36.2 Å². The van der Waals surface area contributed by atoms with Crippen LogP contribution in [-0.4, -0.2) is 74.4 Å². The highest BCUT2D eigenvalue weighted by Crippen LogP contribution is 2.59. The third-order valence-electron chi connectivity index (χ3n) is 7.74. The van der Waals surface area contributed by atoms with Gasteiger partial charge in [-0.15, -0.1) is 11.3 Å². The van der Waals surface area contributed by atoms with E-state index in [4.69, 9.17) is 9.79 Å². The lowest BCUT2D eigenvalue weighted by Crippen LogP contribution is -2.60. The number of nitrogens with zero attached hydrogens (tertiary/aromatic N) is 2. The zero-order valence-electron chi connectivity index (χ0n) is 22.9. The summed E-state index contributed by atoms with van der Waals surface area (Å²) in [6.45, 7) is 1.56. The van der Waals surface area contributed by atoms with Crippen molar-refractivity contribution < 1.29 is 42.3 Å². The Morgan fingerprint density at radius 1 is 1.05 bits per heavy atom. The largest absolute Gasteiger partial charge is 0.399 e. The van der Waals surface area contributed by atoms with E-state index in [1.165, 1.54) is 28.9 Å². The molecule has 228 valence electrons. The number of amides is 4. The van der Waals surface area contributed by atoms with E-state index in [-0.39, 0.29) is 34.7 Å². The van der Waals surface area contributed by atoms with Gasteiger partial charge in [0.15, 0.2) is 0 Å². The van der Waals surface area contributed by atoms with Crippen molar-refractivity contribution in [2.75, 3.05) is 18.4 Å². The van der Waals surface area contributed by atoms with Crippen molar-refractivity contribution in [1.82, 2.24) is 15.1 Å². The van der Waals surface area contributed by atoms with Crippen molar-refractivity contribution in [3.8, 4) is 0 Å². The first-order valence-electron chi connectivity index (χ1n) is 13.5. The predicted molar refractivity (Wildman–Crippen MR) is 155 cm³/mol. The molecule has 15 heteroatoms. The normalized spacial score (nSPS) is 21.2. The number of rotatable bonds is 6. The first-order valence-corrected chi connectivity index (χ1v) is 15.9.